The zero-order valence-electron chi connectivity index (χ0n) is 14.8. The number of rotatable bonds is 3. The molecule has 3 aliphatic carbocycles. The second-order valence-electron chi connectivity index (χ2n) is 9.05. The van der Waals surface area contributed by atoms with E-state index in [4.69, 9.17) is 4.74 Å². The summed E-state index contributed by atoms with van der Waals surface area (Å²) in [6, 6.07) is 0.0751. The van der Waals surface area contributed by atoms with Crippen LogP contribution in [-0.2, 0) is 9.53 Å². The van der Waals surface area contributed by atoms with E-state index in [1.807, 2.05) is 4.90 Å². The van der Waals surface area contributed by atoms with Crippen molar-refractivity contribution in [2.24, 2.45) is 17.8 Å². The molecule has 25 heavy (non-hydrogen) atoms. The molecule has 6 nitrogen and oxygen atoms in total. The van der Waals surface area contributed by atoms with Crippen LogP contribution in [0.5, 0.6) is 0 Å². The Morgan fingerprint density at radius 2 is 1.64 bits per heavy atom. The van der Waals surface area contributed by atoms with Crippen molar-refractivity contribution in [1.29, 1.82) is 0 Å². The molecule has 0 aromatic carbocycles. The lowest BCUT2D eigenvalue weighted by molar-refractivity contribution is -0.228. The molecular formula is C19H29N3O3. The van der Waals surface area contributed by atoms with Crippen LogP contribution in [0.3, 0.4) is 0 Å². The summed E-state index contributed by atoms with van der Waals surface area (Å²) in [5.74, 6) is 2.07. The molecule has 0 spiro atoms. The molecule has 3 amide bonds. The van der Waals surface area contributed by atoms with E-state index in [-0.39, 0.29) is 12.1 Å². The van der Waals surface area contributed by atoms with Gasteiger partial charge >= 0.3 is 6.03 Å². The molecule has 0 aromatic heterocycles. The van der Waals surface area contributed by atoms with E-state index in [2.05, 4.69) is 10.6 Å². The molecule has 6 aliphatic rings. The van der Waals surface area contributed by atoms with Crippen molar-refractivity contribution in [3.63, 3.8) is 0 Å². The Bertz CT molecular complexity index is 531. The van der Waals surface area contributed by atoms with Crippen LogP contribution in [0.15, 0.2) is 0 Å². The highest BCUT2D eigenvalue weighted by Crippen LogP contribution is 2.51. The van der Waals surface area contributed by atoms with Gasteiger partial charge in [0.25, 0.3) is 0 Å². The van der Waals surface area contributed by atoms with Crippen LogP contribution in [0.25, 0.3) is 0 Å². The van der Waals surface area contributed by atoms with Crippen molar-refractivity contribution >= 4 is 11.9 Å². The lowest BCUT2D eigenvalue weighted by atomic mass is 9.65. The highest BCUT2D eigenvalue weighted by atomic mass is 16.5. The van der Waals surface area contributed by atoms with E-state index in [0.29, 0.717) is 17.9 Å². The van der Waals surface area contributed by atoms with Crippen LogP contribution in [0.4, 0.5) is 4.79 Å². The standard InChI is InChI=1S/C19H29N3O3/c23-17(14-1-2-14)22-5-3-15(4-6-22)20-18(24)21-19-10-12-7-13(11-19)9-16(8-12)25-19/h12-16H,1-11H2,(H2,20,21,24). The Hall–Kier alpha value is -1.30. The van der Waals surface area contributed by atoms with Gasteiger partial charge in [-0.25, -0.2) is 4.79 Å². The van der Waals surface area contributed by atoms with E-state index < -0.39 is 5.72 Å². The molecular weight excluding hydrogens is 318 g/mol. The maximum atomic E-state index is 12.5. The fraction of sp³-hybridized carbons (Fsp3) is 0.895. The molecule has 6 rings (SSSR count). The van der Waals surface area contributed by atoms with Crippen molar-refractivity contribution < 1.29 is 14.3 Å². The predicted molar refractivity (Wildman–Crippen MR) is 91.7 cm³/mol. The number of urea groups is 1. The lowest BCUT2D eigenvalue weighted by Crippen LogP contribution is -2.65. The van der Waals surface area contributed by atoms with Gasteiger partial charge in [-0.15, -0.1) is 0 Å². The highest BCUT2D eigenvalue weighted by molar-refractivity contribution is 5.81. The molecule has 0 radical (unpaired) electrons. The van der Waals surface area contributed by atoms with E-state index in [1.54, 1.807) is 0 Å². The molecule has 3 saturated carbocycles. The smallest absolute Gasteiger partial charge is 0.317 e. The zero-order chi connectivity index (χ0) is 17.0. The number of piperidine rings is 1. The molecule has 0 aromatic rings. The van der Waals surface area contributed by atoms with Crippen molar-refractivity contribution in [1.82, 2.24) is 15.5 Å². The van der Waals surface area contributed by atoms with E-state index >= 15 is 0 Å². The first-order valence-electron chi connectivity index (χ1n) is 10.1. The molecule has 2 atom stereocenters. The first-order chi connectivity index (χ1) is 12.1. The molecule has 2 N–H and O–H groups in total. The van der Waals surface area contributed by atoms with Gasteiger partial charge in [0.05, 0.1) is 6.10 Å². The number of hydrogen-bond donors (Lipinski definition) is 2. The lowest BCUT2D eigenvalue weighted by Gasteiger charge is -2.56. The quantitative estimate of drug-likeness (QED) is 0.820. The monoisotopic (exact) mass is 347 g/mol. The summed E-state index contributed by atoms with van der Waals surface area (Å²) in [4.78, 5) is 26.6. The average molecular weight is 347 g/mol. The van der Waals surface area contributed by atoms with Gasteiger partial charge in [-0.2, -0.15) is 0 Å². The van der Waals surface area contributed by atoms with E-state index in [9.17, 15) is 9.59 Å². The molecule has 6 heteroatoms. The van der Waals surface area contributed by atoms with Gasteiger partial charge in [-0.3, -0.25) is 4.79 Å². The molecule has 2 unspecified atom stereocenters. The number of nitrogens with zero attached hydrogens (tertiary/aromatic N) is 1. The number of amides is 3. The molecule has 3 aliphatic heterocycles. The van der Waals surface area contributed by atoms with Gasteiger partial charge in [0, 0.05) is 25.0 Å². The van der Waals surface area contributed by atoms with Gasteiger partial charge in [-0.05, 0) is 69.6 Å². The average Bonchev–Trinajstić information content (AvgIpc) is 3.37. The SMILES string of the molecule is O=C(NC1CCN(C(=O)C2CC2)CC1)NC12CC3CC(CC(C3)O1)C2. The third-order valence-electron chi connectivity index (χ3n) is 6.90. The summed E-state index contributed by atoms with van der Waals surface area (Å²) >= 11 is 0. The van der Waals surface area contributed by atoms with Crippen LogP contribution >= 0.6 is 0 Å². The Labute approximate surface area is 149 Å². The third kappa shape index (κ3) is 3.14. The highest BCUT2D eigenvalue weighted by Gasteiger charge is 2.53. The summed E-state index contributed by atoms with van der Waals surface area (Å²) in [6.45, 7) is 1.54. The number of ether oxygens (including phenoxy) is 1. The fourth-order valence-corrected chi connectivity index (χ4v) is 5.76. The van der Waals surface area contributed by atoms with Crippen LogP contribution in [0.2, 0.25) is 0 Å². The number of likely N-dealkylation sites (tertiary alicyclic amines) is 1. The van der Waals surface area contributed by atoms with Crippen LogP contribution in [-0.4, -0.2) is 47.8 Å². The maximum Gasteiger partial charge on any atom is 0.317 e. The van der Waals surface area contributed by atoms with Gasteiger partial charge in [0.15, 0.2) is 0 Å². The first kappa shape index (κ1) is 15.9. The van der Waals surface area contributed by atoms with Gasteiger partial charge < -0.3 is 20.3 Å². The second kappa shape index (κ2) is 5.86. The van der Waals surface area contributed by atoms with Gasteiger partial charge in [0.2, 0.25) is 5.91 Å². The summed E-state index contributed by atoms with van der Waals surface area (Å²) in [5, 5.41) is 6.31. The van der Waals surface area contributed by atoms with Gasteiger partial charge in [0.1, 0.15) is 5.72 Å². The van der Waals surface area contributed by atoms with Crippen LogP contribution < -0.4 is 10.6 Å². The normalized spacial score (nSPS) is 40.2. The number of carbonyl (C=O) groups is 2. The first-order valence-corrected chi connectivity index (χ1v) is 10.1. The van der Waals surface area contributed by atoms with Crippen molar-refractivity contribution in [2.45, 2.75) is 75.7 Å². The Morgan fingerprint density at radius 3 is 2.24 bits per heavy atom. The van der Waals surface area contributed by atoms with Crippen molar-refractivity contribution in [3.05, 3.63) is 0 Å². The molecule has 138 valence electrons. The van der Waals surface area contributed by atoms with Crippen LogP contribution in [0.1, 0.15) is 57.8 Å². The molecule has 6 fully saturated rings. The van der Waals surface area contributed by atoms with E-state index in [1.165, 1.54) is 19.3 Å². The minimum absolute atomic E-state index is 0.0890. The number of carbonyl (C=O) groups excluding carboxylic acids is 2. The minimum atomic E-state index is -0.415. The molecule has 3 heterocycles. The summed E-state index contributed by atoms with van der Waals surface area (Å²) in [7, 11) is 0. The third-order valence-corrected chi connectivity index (χ3v) is 6.90. The Balaban J connectivity index is 1.12. The van der Waals surface area contributed by atoms with Gasteiger partial charge in [-0.1, -0.05) is 0 Å². The fourth-order valence-electron chi connectivity index (χ4n) is 5.76. The van der Waals surface area contributed by atoms with Crippen molar-refractivity contribution in [3.8, 4) is 0 Å². The summed E-state index contributed by atoms with van der Waals surface area (Å²) in [5.41, 5.74) is -0.415. The molecule has 4 bridgehead atoms. The summed E-state index contributed by atoms with van der Waals surface area (Å²) in [6.07, 6.45) is 9.80. The topological polar surface area (TPSA) is 70.7 Å². The van der Waals surface area contributed by atoms with E-state index in [0.717, 1.165) is 63.5 Å². The number of nitrogens with one attached hydrogen (secondary N) is 2. The summed E-state index contributed by atoms with van der Waals surface area (Å²) < 4.78 is 6.23. The Morgan fingerprint density at radius 1 is 0.960 bits per heavy atom. The minimum Gasteiger partial charge on any atom is -0.352 e. The Kier molecular flexibility index (Phi) is 3.73. The molecule has 3 saturated heterocycles. The largest absolute Gasteiger partial charge is 0.352 e. The maximum absolute atomic E-state index is 12.5. The van der Waals surface area contributed by atoms with Crippen LogP contribution in [0, 0.1) is 17.8 Å². The van der Waals surface area contributed by atoms with Crippen molar-refractivity contribution in [2.75, 3.05) is 13.1 Å². The zero-order valence-corrected chi connectivity index (χ0v) is 14.8. The second-order valence-corrected chi connectivity index (χ2v) is 9.05. The number of hydrogen-bond acceptors (Lipinski definition) is 3. The predicted octanol–water partition coefficient (Wildman–Crippen LogP) is 1.99.